The van der Waals surface area contributed by atoms with Crippen molar-refractivity contribution in [3.8, 4) is 17.6 Å². The Morgan fingerprint density at radius 2 is 2.07 bits per heavy atom. The van der Waals surface area contributed by atoms with Crippen LogP contribution < -0.4 is 9.47 Å². The van der Waals surface area contributed by atoms with Crippen molar-refractivity contribution >= 4 is 0 Å². The van der Waals surface area contributed by atoms with Crippen LogP contribution in [0.1, 0.15) is 12.5 Å². The molecule has 0 bridgehead atoms. The van der Waals surface area contributed by atoms with Crippen molar-refractivity contribution in [1.29, 1.82) is 5.26 Å². The van der Waals surface area contributed by atoms with E-state index in [-0.39, 0.29) is 6.10 Å². The molecule has 1 aromatic rings. The highest BCUT2D eigenvalue weighted by Crippen LogP contribution is 2.34. The van der Waals surface area contributed by atoms with Gasteiger partial charge in [0.05, 0.1) is 0 Å². The minimum Gasteiger partial charge on any atom is -0.482 e. The fourth-order valence-corrected chi connectivity index (χ4v) is 1.43. The van der Waals surface area contributed by atoms with Gasteiger partial charge in [0.1, 0.15) is 12.2 Å². The molecule has 0 saturated carbocycles. The number of nitriles is 1. The molecule has 1 aliphatic rings. The average Bonchev–Trinajstić information content (AvgIpc) is 2.17. The molecule has 1 heterocycles. The number of ether oxygens (including phenoxy) is 2. The summed E-state index contributed by atoms with van der Waals surface area (Å²) in [4.78, 5) is 0. The number of hydrogen-bond donors (Lipinski definition) is 0. The third-order valence-corrected chi connectivity index (χ3v) is 2.22. The first kappa shape index (κ1) is 8.89. The predicted molar refractivity (Wildman–Crippen MR) is 51.3 cm³/mol. The van der Waals surface area contributed by atoms with Crippen LogP contribution in [-0.2, 0) is 0 Å². The van der Waals surface area contributed by atoms with E-state index in [0.717, 1.165) is 11.3 Å². The van der Waals surface area contributed by atoms with Crippen LogP contribution in [0.5, 0.6) is 11.5 Å². The van der Waals surface area contributed by atoms with Crippen LogP contribution in [0.25, 0.3) is 0 Å². The quantitative estimate of drug-likeness (QED) is 0.627. The van der Waals surface area contributed by atoms with E-state index < -0.39 is 6.10 Å². The van der Waals surface area contributed by atoms with Gasteiger partial charge >= 0.3 is 0 Å². The molecule has 1 aliphatic heterocycles. The van der Waals surface area contributed by atoms with Crippen LogP contribution in [0.3, 0.4) is 0 Å². The Morgan fingerprint density at radius 1 is 1.29 bits per heavy atom. The van der Waals surface area contributed by atoms with Gasteiger partial charge in [-0.3, -0.25) is 0 Å². The van der Waals surface area contributed by atoms with Crippen molar-refractivity contribution in [1.82, 2.24) is 0 Å². The second kappa shape index (κ2) is 3.22. The van der Waals surface area contributed by atoms with Gasteiger partial charge in [-0.05, 0) is 31.5 Å². The highest BCUT2D eigenvalue weighted by molar-refractivity contribution is 5.44. The summed E-state index contributed by atoms with van der Waals surface area (Å²) < 4.78 is 11.0. The summed E-state index contributed by atoms with van der Waals surface area (Å²) in [5.74, 6) is 1.38. The maximum atomic E-state index is 8.80. The highest BCUT2D eigenvalue weighted by Gasteiger charge is 2.27. The largest absolute Gasteiger partial charge is 0.482 e. The standard InChI is InChI=1S/C11H11NO2/c1-7-3-4-9-10(5-7)14-11(6-12)8(2)13-9/h3-5,8,11H,1-2H3. The normalized spacial score (nSPS) is 24.1. The molecule has 0 amide bonds. The minimum atomic E-state index is -0.510. The maximum absolute atomic E-state index is 8.80. The van der Waals surface area contributed by atoms with E-state index in [0.29, 0.717) is 5.75 Å². The van der Waals surface area contributed by atoms with Gasteiger partial charge in [0, 0.05) is 0 Å². The van der Waals surface area contributed by atoms with Gasteiger partial charge in [-0.1, -0.05) is 6.07 Å². The van der Waals surface area contributed by atoms with Crippen LogP contribution in [0.2, 0.25) is 0 Å². The number of nitrogens with zero attached hydrogens (tertiary/aromatic N) is 1. The summed E-state index contributed by atoms with van der Waals surface area (Å²) in [5, 5.41) is 8.80. The molecule has 0 radical (unpaired) electrons. The van der Waals surface area contributed by atoms with Gasteiger partial charge in [-0.25, -0.2) is 0 Å². The number of fused-ring (bicyclic) bond motifs is 1. The second-order valence-corrected chi connectivity index (χ2v) is 3.44. The number of aryl methyl sites for hydroxylation is 1. The average molecular weight is 189 g/mol. The van der Waals surface area contributed by atoms with Gasteiger partial charge in [0.25, 0.3) is 0 Å². The molecule has 14 heavy (non-hydrogen) atoms. The lowest BCUT2D eigenvalue weighted by atomic mass is 10.1. The van der Waals surface area contributed by atoms with Crippen LogP contribution in [0.4, 0.5) is 0 Å². The first-order valence-corrected chi connectivity index (χ1v) is 4.54. The van der Waals surface area contributed by atoms with E-state index in [1.54, 1.807) is 0 Å². The molecule has 3 heteroatoms. The summed E-state index contributed by atoms with van der Waals surface area (Å²) >= 11 is 0. The van der Waals surface area contributed by atoms with Gasteiger partial charge in [0.15, 0.2) is 11.5 Å². The maximum Gasteiger partial charge on any atom is 0.220 e. The molecule has 0 fully saturated rings. The molecule has 3 nitrogen and oxygen atoms in total. The van der Waals surface area contributed by atoms with Gasteiger partial charge in [-0.15, -0.1) is 0 Å². The topological polar surface area (TPSA) is 42.2 Å². The molecule has 0 saturated heterocycles. The van der Waals surface area contributed by atoms with Crippen molar-refractivity contribution in [2.45, 2.75) is 26.1 Å². The Hall–Kier alpha value is -1.69. The van der Waals surface area contributed by atoms with Crippen molar-refractivity contribution in [2.75, 3.05) is 0 Å². The summed E-state index contributed by atoms with van der Waals surface area (Å²) in [6.45, 7) is 3.81. The summed E-state index contributed by atoms with van der Waals surface area (Å²) in [5.41, 5.74) is 1.10. The SMILES string of the molecule is Cc1ccc2c(c1)OC(C#N)C(C)O2. The Kier molecular flexibility index (Phi) is 2.05. The monoisotopic (exact) mass is 189 g/mol. The zero-order valence-electron chi connectivity index (χ0n) is 8.15. The fourth-order valence-electron chi connectivity index (χ4n) is 1.43. The fraction of sp³-hybridized carbons (Fsp3) is 0.364. The minimum absolute atomic E-state index is 0.213. The van der Waals surface area contributed by atoms with Crippen LogP contribution >= 0.6 is 0 Å². The zero-order chi connectivity index (χ0) is 10.1. The van der Waals surface area contributed by atoms with Gasteiger partial charge < -0.3 is 9.47 Å². The number of benzene rings is 1. The number of hydrogen-bond acceptors (Lipinski definition) is 3. The molecular formula is C11H11NO2. The summed E-state index contributed by atoms with van der Waals surface area (Å²) in [6, 6.07) is 7.78. The Balaban J connectivity index is 2.37. The van der Waals surface area contributed by atoms with E-state index in [1.807, 2.05) is 32.0 Å². The molecule has 0 N–H and O–H groups in total. The van der Waals surface area contributed by atoms with E-state index >= 15 is 0 Å². The predicted octanol–water partition coefficient (Wildman–Crippen LogP) is 2.05. The Morgan fingerprint density at radius 3 is 2.79 bits per heavy atom. The second-order valence-electron chi connectivity index (χ2n) is 3.44. The first-order chi connectivity index (χ1) is 6.70. The van der Waals surface area contributed by atoms with Crippen LogP contribution in [0.15, 0.2) is 18.2 Å². The molecule has 1 aromatic carbocycles. The van der Waals surface area contributed by atoms with E-state index in [9.17, 15) is 0 Å². The molecule has 0 aliphatic carbocycles. The lowest BCUT2D eigenvalue weighted by molar-refractivity contribution is 0.0638. The van der Waals surface area contributed by atoms with Crippen LogP contribution in [-0.4, -0.2) is 12.2 Å². The lowest BCUT2D eigenvalue weighted by Crippen LogP contribution is -2.36. The lowest BCUT2D eigenvalue weighted by Gasteiger charge is -2.28. The summed E-state index contributed by atoms with van der Waals surface area (Å²) in [6.07, 6.45) is -0.723. The van der Waals surface area contributed by atoms with Gasteiger partial charge in [-0.2, -0.15) is 5.26 Å². The van der Waals surface area contributed by atoms with Crippen molar-refractivity contribution in [3.05, 3.63) is 23.8 Å². The molecule has 2 unspecified atom stereocenters. The smallest absolute Gasteiger partial charge is 0.220 e. The molecule has 2 rings (SSSR count). The van der Waals surface area contributed by atoms with E-state index in [4.69, 9.17) is 14.7 Å². The van der Waals surface area contributed by atoms with E-state index in [1.165, 1.54) is 0 Å². The Labute approximate surface area is 82.9 Å². The molecule has 0 spiro atoms. The molecule has 2 atom stereocenters. The molecule has 72 valence electrons. The van der Waals surface area contributed by atoms with Gasteiger partial charge in [0.2, 0.25) is 6.10 Å². The van der Waals surface area contributed by atoms with Crippen molar-refractivity contribution < 1.29 is 9.47 Å². The first-order valence-electron chi connectivity index (χ1n) is 4.54. The molecule has 0 aromatic heterocycles. The van der Waals surface area contributed by atoms with Crippen molar-refractivity contribution in [2.24, 2.45) is 0 Å². The zero-order valence-corrected chi connectivity index (χ0v) is 8.15. The van der Waals surface area contributed by atoms with Crippen molar-refractivity contribution in [3.63, 3.8) is 0 Å². The highest BCUT2D eigenvalue weighted by atomic mass is 16.6. The summed E-state index contributed by atoms with van der Waals surface area (Å²) in [7, 11) is 0. The van der Waals surface area contributed by atoms with Crippen LogP contribution in [0, 0.1) is 18.3 Å². The Bertz CT molecular complexity index is 395. The molecular weight excluding hydrogens is 178 g/mol. The third-order valence-electron chi connectivity index (χ3n) is 2.22. The third kappa shape index (κ3) is 1.39. The number of rotatable bonds is 0. The van der Waals surface area contributed by atoms with E-state index in [2.05, 4.69) is 6.07 Å².